The molecule has 8 heteroatoms. The third-order valence-corrected chi connectivity index (χ3v) is 6.10. The smallest absolute Gasteiger partial charge is 0.269 e. The first-order valence-corrected chi connectivity index (χ1v) is 9.53. The van der Waals surface area contributed by atoms with Crippen LogP contribution in [0.1, 0.15) is 36.0 Å². The van der Waals surface area contributed by atoms with Gasteiger partial charge < -0.3 is 14.4 Å². The Morgan fingerprint density at radius 3 is 2.48 bits per heavy atom. The number of hydrogen-bond donors (Lipinski definition) is 0. The van der Waals surface area contributed by atoms with E-state index < -0.39 is 10.7 Å². The Morgan fingerprint density at radius 2 is 1.93 bits per heavy atom. The van der Waals surface area contributed by atoms with E-state index in [-0.39, 0.29) is 17.6 Å². The highest BCUT2D eigenvalue weighted by atomic mass is 16.7. The van der Waals surface area contributed by atoms with Gasteiger partial charge in [-0.3, -0.25) is 19.8 Å². The number of hydrogen-bond acceptors (Lipinski definition) is 6. The van der Waals surface area contributed by atoms with Crippen molar-refractivity contribution in [3.05, 3.63) is 39.9 Å². The summed E-state index contributed by atoms with van der Waals surface area (Å²) in [5.74, 6) is -0.703. The fourth-order valence-electron chi connectivity index (χ4n) is 4.45. The fourth-order valence-corrected chi connectivity index (χ4v) is 4.45. The first-order chi connectivity index (χ1) is 13.0. The zero-order chi connectivity index (χ0) is 19.0. The summed E-state index contributed by atoms with van der Waals surface area (Å²) in [6, 6.07) is 6.08. The van der Waals surface area contributed by atoms with E-state index in [2.05, 4.69) is 4.90 Å². The normalized spacial score (nSPS) is 27.3. The van der Waals surface area contributed by atoms with Crippen LogP contribution < -0.4 is 0 Å². The molecule has 1 aromatic carbocycles. The van der Waals surface area contributed by atoms with Gasteiger partial charge in [-0.1, -0.05) is 0 Å². The van der Waals surface area contributed by atoms with Crippen LogP contribution in [0.15, 0.2) is 24.3 Å². The number of nitro benzene ring substituents is 1. The third-order valence-electron chi connectivity index (χ3n) is 6.10. The Morgan fingerprint density at radius 1 is 1.26 bits per heavy atom. The number of likely N-dealkylation sites (N-methyl/N-ethyl adjacent to an activating group) is 1. The Labute approximate surface area is 158 Å². The molecule has 0 N–H and O–H groups in total. The number of carbonyl (C=O) groups excluding carboxylic acids is 1. The van der Waals surface area contributed by atoms with Gasteiger partial charge in [-0.05, 0) is 38.1 Å². The number of nitrogens with zero attached hydrogens (tertiary/aromatic N) is 3. The van der Waals surface area contributed by atoms with Gasteiger partial charge in [0.2, 0.25) is 0 Å². The Hall–Kier alpha value is -2.03. The second-order valence-corrected chi connectivity index (χ2v) is 7.59. The molecule has 8 nitrogen and oxygen atoms in total. The topological polar surface area (TPSA) is 85.2 Å². The van der Waals surface area contributed by atoms with E-state index in [1.54, 1.807) is 4.90 Å². The minimum atomic E-state index is -0.573. The molecule has 2 aliphatic heterocycles. The first kappa shape index (κ1) is 18.3. The van der Waals surface area contributed by atoms with Crippen LogP contribution in [0.4, 0.5) is 5.69 Å². The molecule has 1 saturated carbocycles. The summed E-state index contributed by atoms with van der Waals surface area (Å²) in [6.07, 6.45) is 3.64. The van der Waals surface area contributed by atoms with Crippen molar-refractivity contribution >= 4 is 11.6 Å². The van der Waals surface area contributed by atoms with Gasteiger partial charge in [-0.25, -0.2) is 0 Å². The summed E-state index contributed by atoms with van der Waals surface area (Å²) in [4.78, 5) is 27.6. The van der Waals surface area contributed by atoms with Gasteiger partial charge in [0.25, 0.3) is 11.6 Å². The molecule has 0 bridgehead atoms. The van der Waals surface area contributed by atoms with Crippen molar-refractivity contribution in [2.45, 2.75) is 43.6 Å². The van der Waals surface area contributed by atoms with Crippen LogP contribution in [0, 0.1) is 10.1 Å². The molecule has 1 spiro atoms. The zero-order valence-electron chi connectivity index (χ0n) is 15.5. The summed E-state index contributed by atoms with van der Waals surface area (Å²) in [5, 5.41) is 10.8. The maximum Gasteiger partial charge on any atom is 0.269 e. The average Bonchev–Trinajstić information content (AvgIpc) is 3.08. The number of carbonyl (C=O) groups is 1. The molecule has 0 aromatic heterocycles. The predicted octanol–water partition coefficient (Wildman–Crippen LogP) is 2.04. The maximum atomic E-state index is 13.1. The Kier molecular flexibility index (Phi) is 4.88. The van der Waals surface area contributed by atoms with E-state index >= 15 is 0 Å². The minimum Gasteiger partial charge on any atom is -0.347 e. The van der Waals surface area contributed by atoms with Crippen LogP contribution in [-0.4, -0.2) is 71.9 Å². The molecule has 2 saturated heterocycles. The number of nitro groups is 1. The van der Waals surface area contributed by atoms with Crippen molar-refractivity contribution in [3.63, 3.8) is 0 Å². The highest BCUT2D eigenvalue weighted by molar-refractivity contribution is 5.94. The summed E-state index contributed by atoms with van der Waals surface area (Å²) >= 11 is 0. The first-order valence-electron chi connectivity index (χ1n) is 9.53. The van der Waals surface area contributed by atoms with Crippen molar-refractivity contribution in [3.8, 4) is 0 Å². The third kappa shape index (κ3) is 3.44. The van der Waals surface area contributed by atoms with Crippen LogP contribution in [0.5, 0.6) is 0 Å². The van der Waals surface area contributed by atoms with Gasteiger partial charge in [-0.2, -0.15) is 0 Å². The average molecular weight is 375 g/mol. The van der Waals surface area contributed by atoms with Gasteiger partial charge in [0.05, 0.1) is 24.2 Å². The van der Waals surface area contributed by atoms with Gasteiger partial charge in [0.1, 0.15) is 0 Å². The molecule has 27 heavy (non-hydrogen) atoms. The van der Waals surface area contributed by atoms with Gasteiger partial charge in [0, 0.05) is 43.6 Å². The summed E-state index contributed by atoms with van der Waals surface area (Å²) in [6.45, 7) is 3.33. The van der Waals surface area contributed by atoms with E-state index in [1.165, 1.54) is 30.7 Å². The number of benzene rings is 1. The van der Waals surface area contributed by atoms with Crippen molar-refractivity contribution < 1.29 is 19.2 Å². The lowest BCUT2D eigenvalue weighted by Gasteiger charge is -2.51. The van der Waals surface area contributed by atoms with E-state index in [9.17, 15) is 14.9 Å². The second kappa shape index (κ2) is 7.18. The monoisotopic (exact) mass is 375 g/mol. The molecule has 3 aliphatic rings. The minimum absolute atomic E-state index is 0.0140. The van der Waals surface area contributed by atoms with Gasteiger partial charge in [0.15, 0.2) is 5.79 Å². The molecule has 1 aliphatic carbocycles. The molecule has 3 fully saturated rings. The number of ether oxygens (including phenoxy) is 2. The second-order valence-electron chi connectivity index (χ2n) is 7.59. The molecule has 2 atom stereocenters. The van der Waals surface area contributed by atoms with Gasteiger partial charge >= 0.3 is 0 Å². The van der Waals surface area contributed by atoms with Crippen LogP contribution in [0.2, 0.25) is 0 Å². The SMILES string of the molecule is CN(C(=O)c1ccc([N+](=O)[O-])cc1)C1CC2(CCC1N1CCC1)OCCO2. The molecular weight excluding hydrogens is 350 g/mol. The molecule has 1 aromatic rings. The number of non-ortho nitro benzene ring substituents is 1. The molecule has 2 heterocycles. The van der Waals surface area contributed by atoms with Crippen molar-refractivity contribution in [2.75, 3.05) is 33.4 Å². The molecule has 2 unspecified atom stereocenters. The molecule has 0 radical (unpaired) electrons. The fraction of sp³-hybridized carbons (Fsp3) is 0.632. The Balaban J connectivity index is 1.54. The van der Waals surface area contributed by atoms with E-state index in [0.717, 1.165) is 25.9 Å². The highest BCUT2D eigenvalue weighted by Crippen LogP contribution is 2.40. The van der Waals surface area contributed by atoms with E-state index in [1.807, 2.05) is 7.05 Å². The van der Waals surface area contributed by atoms with Crippen molar-refractivity contribution in [1.82, 2.24) is 9.80 Å². The summed E-state index contributed by atoms with van der Waals surface area (Å²) in [7, 11) is 1.81. The van der Waals surface area contributed by atoms with Crippen LogP contribution in [0.25, 0.3) is 0 Å². The lowest BCUT2D eigenvalue weighted by atomic mass is 9.82. The lowest BCUT2D eigenvalue weighted by molar-refractivity contribution is -0.384. The van der Waals surface area contributed by atoms with Gasteiger partial charge in [-0.15, -0.1) is 0 Å². The number of likely N-dealkylation sites (tertiary alicyclic amines) is 1. The van der Waals surface area contributed by atoms with Crippen molar-refractivity contribution in [1.29, 1.82) is 0 Å². The lowest BCUT2D eigenvalue weighted by Crippen LogP contribution is -2.61. The quantitative estimate of drug-likeness (QED) is 0.591. The maximum absolute atomic E-state index is 13.1. The van der Waals surface area contributed by atoms with E-state index in [0.29, 0.717) is 31.2 Å². The van der Waals surface area contributed by atoms with Crippen LogP contribution in [-0.2, 0) is 9.47 Å². The van der Waals surface area contributed by atoms with Crippen LogP contribution >= 0.6 is 0 Å². The number of amides is 1. The molecular formula is C19H25N3O5. The number of rotatable bonds is 4. The predicted molar refractivity (Wildman–Crippen MR) is 97.4 cm³/mol. The summed E-state index contributed by atoms with van der Waals surface area (Å²) in [5.41, 5.74) is 0.440. The standard InChI is InChI=1S/C19H25N3O5/c1-20(18(23)14-3-5-15(6-4-14)22(24)25)17-13-19(26-11-12-27-19)8-7-16(17)21-9-2-10-21/h3-6,16-17H,2,7-13H2,1H3. The largest absolute Gasteiger partial charge is 0.347 e. The highest BCUT2D eigenvalue weighted by Gasteiger charge is 2.49. The summed E-state index contributed by atoms with van der Waals surface area (Å²) < 4.78 is 11.8. The molecule has 1 amide bonds. The molecule has 146 valence electrons. The van der Waals surface area contributed by atoms with Crippen molar-refractivity contribution in [2.24, 2.45) is 0 Å². The Bertz CT molecular complexity index is 713. The van der Waals surface area contributed by atoms with E-state index in [4.69, 9.17) is 9.47 Å². The molecule has 4 rings (SSSR count). The van der Waals surface area contributed by atoms with Crippen LogP contribution in [0.3, 0.4) is 0 Å². The zero-order valence-corrected chi connectivity index (χ0v) is 15.5.